The molecule has 4 aromatic rings. The molecule has 0 atom stereocenters. The second-order valence-corrected chi connectivity index (χ2v) is 8.06. The van der Waals surface area contributed by atoms with E-state index in [1.165, 1.54) is 6.21 Å². The van der Waals surface area contributed by atoms with Gasteiger partial charge in [-0.25, -0.2) is 14.8 Å². The number of halogens is 1. The predicted octanol–water partition coefficient (Wildman–Crippen LogP) is 4.41. The summed E-state index contributed by atoms with van der Waals surface area (Å²) < 4.78 is 19.5. The number of phenols is 1. The summed E-state index contributed by atoms with van der Waals surface area (Å²) in [5.41, 5.74) is 6.97. The lowest BCUT2D eigenvalue weighted by Gasteiger charge is -2.27. The third-order valence-corrected chi connectivity index (χ3v) is 5.51. The molecule has 9 nitrogen and oxygen atoms in total. The number of phenolic OH excluding ortho intramolecular Hbond substituents is 1. The van der Waals surface area contributed by atoms with Crippen LogP contribution in [0.2, 0.25) is 0 Å². The van der Waals surface area contributed by atoms with E-state index in [0.717, 1.165) is 28.7 Å². The zero-order valence-corrected chi connectivity index (χ0v) is 19.3. The summed E-state index contributed by atoms with van der Waals surface area (Å²) in [5.74, 6) is 0.167. The number of nitrogens with zero attached hydrogens (tertiary/aromatic N) is 5. The molecule has 0 spiro atoms. The number of benzene rings is 2. The van der Waals surface area contributed by atoms with Crippen molar-refractivity contribution in [1.82, 2.24) is 15.0 Å². The Balaban J connectivity index is 1.21. The fourth-order valence-corrected chi connectivity index (χ4v) is 3.75. The van der Waals surface area contributed by atoms with Gasteiger partial charge in [-0.2, -0.15) is 10.1 Å². The first-order valence-corrected chi connectivity index (χ1v) is 11.4. The van der Waals surface area contributed by atoms with Crippen LogP contribution >= 0.6 is 0 Å². The molecule has 1 saturated heterocycles. The van der Waals surface area contributed by atoms with E-state index in [2.05, 4.69) is 30.8 Å². The minimum atomic E-state index is -0.483. The number of nitrogens with one attached hydrogen (secondary N) is 2. The van der Waals surface area contributed by atoms with Gasteiger partial charge in [-0.15, -0.1) is 0 Å². The molecule has 1 aliphatic heterocycles. The van der Waals surface area contributed by atoms with Crippen molar-refractivity contribution in [2.75, 3.05) is 41.9 Å². The SMILES string of the molecule is Oc1cccc(-c2cccc(Nc3ccc(/C=N/Nc4ncc(F)c(N5CCOCC5)n4)nc3)c2)c1. The van der Waals surface area contributed by atoms with Gasteiger partial charge in [0.1, 0.15) is 5.75 Å². The van der Waals surface area contributed by atoms with Crippen molar-refractivity contribution >= 4 is 29.4 Å². The van der Waals surface area contributed by atoms with Gasteiger partial charge in [0.05, 0.1) is 43.2 Å². The largest absolute Gasteiger partial charge is 0.508 e. The van der Waals surface area contributed by atoms with Crippen LogP contribution in [0.15, 0.2) is 78.2 Å². The lowest BCUT2D eigenvalue weighted by atomic mass is 10.0. The lowest BCUT2D eigenvalue weighted by molar-refractivity contribution is 0.122. The Labute approximate surface area is 207 Å². The number of anilines is 4. The number of pyridine rings is 1. The molecule has 0 aliphatic carbocycles. The molecule has 10 heteroatoms. The molecular weight excluding hydrogens is 461 g/mol. The number of rotatable bonds is 7. The number of aromatic nitrogens is 3. The minimum absolute atomic E-state index is 0.194. The number of hydrogen-bond acceptors (Lipinski definition) is 9. The topological polar surface area (TPSA) is 108 Å². The standard InChI is InChI=1S/C26H24FN7O2/c27-24-17-29-26(32-25(24)34-9-11-36-12-10-34)33-30-16-21-7-8-22(15-28-21)31-20-5-1-3-18(13-20)19-4-2-6-23(35)14-19/h1-8,13-17,31,35H,9-12H2,(H,29,32,33)/b30-16+. The molecule has 5 rings (SSSR count). The van der Waals surface area contributed by atoms with Gasteiger partial charge in [-0.3, -0.25) is 4.98 Å². The van der Waals surface area contributed by atoms with E-state index in [1.54, 1.807) is 18.3 Å². The minimum Gasteiger partial charge on any atom is -0.508 e. The fraction of sp³-hybridized carbons (Fsp3) is 0.154. The third kappa shape index (κ3) is 5.73. The first kappa shape index (κ1) is 23.2. The fourth-order valence-electron chi connectivity index (χ4n) is 3.75. The van der Waals surface area contributed by atoms with E-state index >= 15 is 0 Å². The monoisotopic (exact) mass is 485 g/mol. The van der Waals surface area contributed by atoms with E-state index < -0.39 is 5.82 Å². The van der Waals surface area contributed by atoms with Gasteiger partial charge in [0.25, 0.3) is 0 Å². The molecule has 3 heterocycles. The summed E-state index contributed by atoms with van der Waals surface area (Å²) in [6.07, 6.45) is 4.37. The van der Waals surface area contributed by atoms with E-state index in [-0.39, 0.29) is 17.5 Å². The van der Waals surface area contributed by atoms with Crippen molar-refractivity contribution in [2.24, 2.45) is 5.10 Å². The van der Waals surface area contributed by atoms with Crippen molar-refractivity contribution in [1.29, 1.82) is 0 Å². The molecule has 2 aromatic carbocycles. The average Bonchev–Trinajstić information content (AvgIpc) is 2.91. The molecule has 0 bridgehead atoms. The maximum atomic E-state index is 14.2. The summed E-state index contributed by atoms with van der Waals surface area (Å²) in [7, 11) is 0. The summed E-state index contributed by atoms with van der Waals surface area (Å²) >= 11 is 0. The van der Waals surface area contributed by atoms with Crippen molar-refractivity contribution in [2.45, 2.75) is 0 Å². The second-order valence-electron chi connectivity index (χ2n) is 8.06. The molecule has 3 N–H and O–H groups in total. The average molecular weight is 486 g/mol. The normalized spacial score (nSPS) is 13.6. The van der Waals surface area contributed by atoms with Crippen molar-refractivity contribution in [3.8, 4) is 16.9 Å². The molecular formula is C26H24FN7O2. The van der Waals surface area contributed by atoms with Gasteiger partial charge >= 0.3 is 0 Å². The van der Waals surface area contributed by atoms with Gasteiger partial charge < -0.3 is 20.1 Å². The summed E-state index contributed by atoms with van der Waals surface area (Å²) in [6, 6.07) is 18.7. The lowest BCUT2D eigenvalue weighted by Crippen LogP contribution is -2.37. The molecule has 0 saturated carbocycles. The van der Waals surface area contributed by atoms with Crippen LogP contribution in [0.5, 0.6) is 5.75 Å². The molecule has 1 aliphatic rings. The second kappa shape index (κ2) is 10.8. The van der Waals surface area contributed by atoms with Crippen molar-refractivity contribution < 1.29 is 14.2 Å². The van der Waals surface area contributed by atoms with Crippen LogP contribution < -0.4 is 15.6 Å². The molecule has 182 valence electrons. The summed E-state index contributed by atoms with van der Waals surface area (Å²) in [4.78, 5) is 14.4. The highest BCUT2D eigenvalue weighted by molar-refractivity contribution is 5.78. The molecule has 1 fully saturated rings. The van der Waals surface area contributed by atoms with Crippen LogP contribution in [0.25, 0.3) is 11.1 Å². The van der Waals surface area contributed by atoms with Crippen LogP contribution in [0.1, 0.15) is 5.69 Å². The van der Waals surface area contributed by atoms with E-state index in [9.17, 15) is 9.50 Å². The smallest absolute Gasteiger partial charge is 0.245 e. The van der Waals surface area contributed by atoms with E-state index in [0.29, 0.717) is 32.0 Å². The van der Waals surface area contributed by atoms with Gasteiger partial charge in [0, 0.05) is 18.8 Å². The summed E-state index contributed by atoms with van der Waals surface area (Å²) in [6.45, 7) is 2.20. The van der Waals surface area contributed by atoms with E-state index in [1.807, 2.05) is 53.4 Å². The number of morpholine rings is 1. The van der Waals surface area contributed by atoms with Crippen molar-refractivity contribution in [3.63, 3.8) is 0 Å². The Kier molecular flexibility index (Phi) is 6.95. The van der Waals surface area contributed by atoms with Crippen LogP contribution in [-0.4, -0.2) is 52.6 Å². The highest BCUT2D eigenvalue weighted by atomic mass is 19.1. The van der Waals surface area contributed by atoms with Gasteiger partial charge in [-0.05, 0) is 47.5 Å². The highest BCUT2D eigenvalue weighted by Crippen LogP contribution is 2.27. The number of hydrazone groups is 1. The van der Waals surface area contributed by atoms with E-state index in [4.69, 9.17) is 4.74 Å². The third-order valence-electron chi connectivity index (χ3n) is 5.51. The number of ether oxygens (including phenoxy) is 1. The Hall–Kier alpha value is -4.57. The Morgan fingerprint density at radius 1 is 0.944 bits per heavy atom. The zero-order chi connectivity index (χ0) is 24.7. The van der Waals surface area contributed by atoms with Gasteiger partial charge in [-0.1, -0.05) is 24.3 Å². The number of aromatic hydroxyl groups is 1. The van der Waals surface area contributed by atoms with Gasteiger partial charge in [0.2, 0.25) is 5.95 Å². The Morgan fingerprint density at radius 3 is 2.53 bits per heavy atom. The Bertz CT molecular complexity index is 1360. The quantitative estimate of drug-likeness (QED) is 0.261. The van der Waals surface area contributed by atoms with Crippen molar-refractivity contribution in [3.05, 3.63) is 84.6 Å². The summed E-state index contributed by atoms with van der Waals surface area (Å²) in [5, 5.41) is 17.2. The Morgan fingerprint density at radius 2 is 1.75 bits per heavy atom. The zero-order valence-electron chi connectivity index (χ0n) is 19.3. The molecule has 0 unspecified atom stereocenters. The maximum Gasteiger partial charge on any atom is 0.245 e. The van der Waals surface area contributed by atoms with Crippen LogP contribution in [0.3, 0.4) is 0 Å². The van der Waals surface area contributed by atoms with Gasteiger partial charge in [0.15, 0.2) is 11.6 Å². The molecule has 0 radical (unpaired) electrons. The predicted molar refractivity (Wildman–Crippen MR) is 137 cm³/mol. The maximum absolute atomic E-state index is 14.2. The van der Waals surface area contributed by atoms with Crippen LogP contribution in [0, 0.1) is 5.82 Å². The van der Waals surface area contributed by atoms with Crippen LogP contribution in [-0.2, 0) is 4.74 Å². The highest BCUT2D eigenvalue weighted by Gasteiger charge is 2.17. The molecule has 36 heavy (non-hydrogen) atoms. The number of hydrogen-bond donors (Lipinski definition) is 3. The molecule has 2 aromatic heterocycles. The molecule has 0 amide bonds. The first-order valence-electron chi connectivity index (χ1n) is 11.4. The van der Waals surface area contributed by atoms with Crippen LogP contribution in [0.4, 0.5) is 27.5 Å². The first-order chi connectivity index (χ1) is 17.6.